The van der Waals surface area contributed by atoms with E-state index >= 15 is 0 Å². The molecule has 70 valence electrons. The molecule has 0 saturated heterocycles. The molecule has 1 heterocycles. The minimum Gasteiger partial charge on any atom is -0.465 e. The first-order valence-electron chi connectivity index (χ1n) is 4.32. The van der Waals surface area contributed by atoms with Gasteiger partial charge in [-0.05, 0) is 35.9 Å². The molecule has 1 aromatic carbocycles. The van der Waals surface area contributed by atoms with Gasteiger partial charge < -0.3 is 4.42 Å². The van der Waals surface area contributed by atoms with E-state index in [2.05, 4.69) is 22.0 Å². The lowest BCUT2D eigenvalue weighted by atomic mass is 10.2. The molecule has 0 radical (unpaired) electrons. The van der Waals surface area contributed by atoms with E-state index in [1.807, 2.05) is 42.5 Å². The Morgan fingerprint density at radius 3 is 2.71 bits per heavy atom. The molecule has 2 aromatic rings. The van der Waals surface area contributed by atoms with Crippen LogP contribution in [0.3, 0.4) is 0 Å². The number of halogens is 1. The van der Waals surface area contributed by atoms with E-state index in [9.17, 15) is 0 Å². The van der Waals surface area contributed by atoms with Gasteiger partial charge in [-0.15, -0.1) is 0 Å². The second-order valence-electron chi connectivity index (χ2n) is 2.90. The molecule has 0 spiro atoms. The quantitative estimate of drug-likeness (QED) is 0.776. The van der Waals surface area contributed by atoms with Crippen LogP contribution in [0.1, 0.15) is 11.3 Å². The Morgan fingerprint density at radius 2 is 2.00 bits per heavy atom. The maximum atomic E-state index is 5.19. The number of benzene rings is 1. The average Bonchev–Trinajstić information content (AvgIpc) is 2.67. The third kappa shape index (κ3) is 2.36. The highest BCUT2D eigenvalue weighted by Gasteiger charge is 1.90. The van der Waals surface area contributed by atoms with Crippen molar-refractivity contribution in [3.05, 3.63) is 58.5 Å². The van der Waals surface area contributed by atoms with Gasteiger partial charge in [0.15, 0.2) is 0 Å². The highest BCUT2D eigenvalue weighted by atomic mass is 79.9. The van der Waals surface area contributed by atoms with Crippen LogP contribution in [0.4, 0.5) is 0 Å². The summed E-state index contributed by atoms with van der Waals surface area (Å²) < 4.78 is 6.27. The van der Waals surface area contributed by atoms with Crippen molar-refractivity contribution in [2.24, 2.45) is 0 Å². The molecule has 0 aliphatic carbocycles. The Hall–Kier alpha value is -1.28. The highest BCUT2D eigenvalue weighted by molar-refractivity contribution is 9.10. The number of hydrogen-bond acceptors (Lipinski definition) is 1. The molecule has 0 unspecified atom stereocenters. The molecule has 0 bridgehead atoms. The van der Waals surface area contributed by atoms with E-state index < -0.39 is 0 Å². The summed E-state index contributed by atoms with van der Waals surface area (Å²) in [6.07, 6.45) is 5.63. The molecule has 0 saturated carbocycles. The van der Waals surface area contributed by atoms with Crippen molar-refractivity contribution in [1.29, 1.82) is 0 Å². The van der Waals surface area contributed by atoms with Crippen LogP contribution in [0, 0.1) is 0 Å². The minimum absolute atomic E-state index is 0.866. The minimum atomic E-state index is 0.866. The zero-order chi connectivity index (χ0) is 9.80. The number of hydrogen-bond donors (Lipinski definition) is 0. The summed E-state index contributed by atoms with van der Waals surface area (Å²) in [5.41, 5.74) is 1.15. The topological polar surface area (TPSA) is 13.1 Å². The lowest BCUT2D eigenvalue weighted by molar-refractivity contribution is 0.557. The Kier molecular flexibility index (Phi) is 2.84. The molecule has 0 fully saturated rings. The molecule has 0 amide bonds. The van der Waals surface area contributed by atoms with E-state index in [4.69, 9.17) is 4.42 Å². The van der Waals surface area contributed by atoms with Gasteiger partial charge in [0.05, 0.1) is 6.26 Å². The number of furan rings is 1. The standard InChI is InChI=1S/C12H9BrO/c13-11-4-1-3-10(9-11)6-7-12-5-2-8-14-12/h1-9H/b7-6+. The highest BCUT2D eigenvalue weighted by Crippen LogP contribution is 2.14. The van der Waals surface area contributed by atoms with E-state index in [0.29, 0.717) is 0 Å². The Morgan fingerprint density at radius 1 is 1.07 bits per heavy atom. The fourth-order valence-corrected chi connectivity index (χ4v) is 1.59. The maximum absolute atomic E-state index is 5.19. The fourth-order valence-electron chi connectivity index (χ4n) is 1.17. The van der Waals surface area contributed by atoms with E-state index in [-0.39, 0.29) is 0 Å². The van der Waals surface area contributed by atoms with Gasteiger partial charge >= 0.3 is 0 Å². The van der Waals surface area contributed by atoms with Gasteiger partial charge in [-0.3, -0.25) is 0 Å². The Balaban J connectivity index is 2.18. The first kappa shape index (κ1) is 9.28. The molecule has 1 nitrogen and oxygen atoms in total. The van der Waals surface area contributed by atoms with Crippen LogP contribution in [0.2, 0.25) is 0 Å². The van der Waals surface area contributed by atoms with Crippen LogP contribution in [-0.4, -0.2) is 0 Å². The molecule has 0 aliphatic heterocycles. The van der Waals surface area contributed by atoms with Gasteiger partial charge in [0.2, 0.25) is 0 Å². The first-order valence-corrected chi connectivity index (χ1v) is 5.11. The third-order valence-corrected chi connectivity index (χ3v) is 2.33. The molecule has 2 heteroatoms. The molecule has 2 rings (SSSR count). The lowest BCUT2D eigenvalue weighted by Gasteiger charge is -1.93. The summed E-state index contributed by atoms with van der Waals surface area (Å²) in [5, 5.41) is 0. The summed E-state index contributed by atoms with van der Waals surface area (Å²) in [6, 6.07) is 11.9. The van der Waals surface area contributed by atoms with Crippen LogP contribution < -0.4 is 0 Å². The smallest absolute Gasteiger partial charge is 0.126 e. The first-order chi connectivity index (χ1) is 6.84. The van der Waals surface area contributed by atoms with Gasteiger partial charge in [0, 0.05) is 4.47 Å². The fraction of sp³-hybridized carbons (Fsp3) is 0. The predicted molar refractivity (Wildman–Crippen MR) is 61.8 cm³/mol. The zero-order valence-corrected chi connectivity index (χ0v) is 9.07. The number of rotatable bonds is 2. The largest absolute Gasteiger partial charge is 0.465 e. The van der Waals surface area contributed by atoms with Gasteiger partial charge in [0.1, 0.15) is 5.76 Å². The predicted octanol–water partition coefficient (Wildman–Crippen LogP) is 4.21. The van der Waals surface area contributed by atoms with Crippen LogP contribution >= 0.6 is 15.9 Å². The van der Waals surface area contributed by atoms with Crippen LogP contribution in [0.5, 0.6) is 0 Å². The molecule has 0 N–H and O–H groups in total. The summed E-state index contributed by atoms with van der Waals surface area (Å²) in [4.78, 5) is 0. The van der Waals surface area contributed by atoms with Crippen molar-refractivity contribution in [1.82, 2.24) is 0 Å². The van der Waals surface area contributed by atoms with Gasteiger partial charge in [-0.25, -0.2) is 0 Å². The second kappa shape index (κ2) is 4.29. The average molecular weight is 249 g/mol. The molecule has 0 atom stereocenters. The van der Waals surface area contributed by atoms with Crippen molar-refractivity contribution in [2.75, 3.05) is 0 Å². The molecule has 14 heavy (non-hydrogen) atoms. The van der Waals surface area contributed by atoms with Crippen molar-refractivity contribution in [3.63, 3.8) is 0 Å². The van der Waals surface area contributed by atoms with Crippen LogP contribution in [0.25, 0.3) is 12.2 Å². The summed E-state index contributed by atoms with van der Waals surface area (Å²) in [7, 11) is 0. The third-order valence-electron chi connectivity index (χ3n) is 1.83. The van der Waals surface area contributed by atoms with Gasteiger partial charge in [-0.1, -0.05) is 34.1 Å². The van der Waals surface area contributed by atoms with Crippen molar-refractivity contribution in [3.8, 4) is 0 Å². The monoisotopic (exact) mass is 248 g/mol. The second-order valence-corrected chi connectivity index (χ2v) is 3.82. The van der Waals surface area contributed by atoms with Crippen LogP contribution in [0.15, 0.2) is 51.6 Å². The van der Waals surface area contributed by atoms with Crippen molar-refractivity contribution in [2.45, 2.75) is 0 Å². The lowest BCUT2D eigenvalue weighted by Crippen LogP contribution is -1.70. The van der Waals surface area contributed by atoms with Gasteiger partial charge in [-0.2, -0.15) is 0 Å². The Bertz CT molecular complexity index is 429. The van der Waals surface area contributed by atoms with E-state index in [0.717, 1.165) is 15.8 Å². The Labute approximate surface area is 91.2 Å². The van der Waals surface area contributed by atoms with Gasteiger partial charge in [0.25, 0.3) is 0 Å². The van der Waals surface area contributed by atoms with E-state index in [1.54, 1.807) is 6.26 Å². The molecular weight excluding hydrogens is 240 g/mol. The van der Waals surface area contributed by atoms with Crippen LogP contribution in [-0.2, 0) is 0 Å². The van der Waals surface area contributed by atoms with Crippen molar-refractivity contribution < 1.29 is 4.42 Å². The normalized spacial score (nSPS) is 10.9. The van der Waals surface area contributed by atoms with Crippen molar-refractivity contribution >= 4 is 28.1 Å². The molecule has 0 aliphatic rings. The summed E-state index contributed by atoms with van der Waals surface area (Å²) >= 11 is 3.42. The van der Waals surface area contributed by atoms with E-state index in [1.165, 1.54) is 0 Å². The molecule has 1 aromatic heterocycles. The SMILES string of the molecule is Brc1cccc(/C=C/c2ccco2)c1. The zero-order valence-electron chi connectivity index (χ0n) is 7.48. The summed E-state index contributed by atoms with van der Waals surface area (Å²) in [5.74, 6) is 0.866. The molecular formula is C12H9BrO. The maximum Gasteiger partial charge on any atom is 0.126 e. The summed E-state index contributed by atoms with van der Waals surface area (Å²) in [6.45, 7) is 0.